The normalized spacial score (nSPS) is 20.4. The van der Waals surface area contributed by atoms with Crippen molar-refractivity contribution in [2.45, 2.75) is 23.0 Å². The van der Waals surface area contributed by atoms with Crippen LogP contribution < -0.4 is 10.1 Å². The maximum absolute atomic E-state index is 12.7. The number of hydrogen-bond acceptors (Lipinski definition) is 11. The van der Waals surface area contributed by atoms with Crippen LogP contribution in [0.3, 0.4) is 0 Å². The van der Waals surface area contributed by atoms with E-state index in [1.165, 1.54) is 38.5 Å². The van der Waals surface area contributed by atoms with Gasteiger partial charge in [0.1, 0.15) is 17.1 Å². The number of nitrogens with zero attached hydrogens (tertiary/aromatic N) is 6. The lowest BCUT2D eigenvalue weighted by Crippen LogP contribution is -2.70. The zero-order valence-electron chi connectivity index (χ0n) is 15.9. The second-order valence-corrected chi connectivity index (χ2v) is 9.51. The lowest BCUT2D eigenvalue weighted by Gasteiger charge is -2.49. The van der Waals surface area contributed by atoms with Gasteiger partial charge in [-0.2, -0.15) is 4.73 Å². The number of hydrogen-bond donors (Lipinski definition) is 4. The molecule has 2 atom stereocenters. The Balaban J connectivity index is 1.45. The Bertz CT molecular complexity index is 1150. The molecule has 1 saturated heterocycles. The summed E-state index contributed by atoms with van der Waals surface area (Å²) in [6.07, 6.45) is -0.206. The number of nitrogens with one attached hydrogen (secondary N) is 2. The van der Waals surface area contributed by atoms with Crippen molar-refractivity contribution in [3.63, 3.8) is 0 Å². The minimum absolute atomic E-state index is 0.0771. The Hall–Kier alpha value is -2.85. The average molecular weight is 485 g/mol. The second kappa shape index (κ2) is 8.35. The second-order valence-electron chi connectivity index (χ2n) is 6.61. The van der Waals surface area contributed by atoms with Crippen molar-refractivity contribution >= 4 is 52.6 Å². The maximum Gasteiger partial charge on any atom is 0.352 e. The van der Waals surface area contributed by atoms with E-state index in [-0.39, 0.29) is 22.6 Å². The summed E-state index contributed by atoms with van der Waals surface area (Å²) in [6.45, 7) is 0. The molecule has 31 heavy (non-hydrogen) atoms. The van der Waals surface area contributed by atoms with E-state index in [9.17, 15) is 24.7 Å². The van der Waals surface area contributed by atoms with Gasteiger partial charge in [0.05, 0.1) is 12.1 Å². The molecule has 0 aromatic carbocycles. The molecule has 1 unspecified atom stereocenters. The number of carbonyl (C=O) groups excluding carboxylic acids is 2. The van der Waals surface area contributed by atoms with Gasteiger partial charge in [-0.1, -0.05) is 11.8 Å². The number of carboxylic acids is 1. The van der Waals surface area contributed by atoms with E-state index < -0.39 is 29.2 Å². The number of thiazole rings is 1. The maximum atomic E-state index is 12.7. The minimum Gasteiger partial charge on any atom is -0.477 e. The number of tetrazole rings is 1. The van der Waals surface area contributed by atoms with Crippen LogP contribution >= 0.6 is 34.9 Å². The molecule has 4 rings (SSSR count). The molecule has 0 spiro atoms. The highest BCUT2D eigenvalue weighted by atomic mass is 32.2. The predicted octanol–water partition coefficient (Wildman–Crippen LogP) is -1.14. The Labute approximate surface area is 186 Å². The topological polar surface area (TPSA) is 179 Å². The van der Waals surface area contributed by atoms with E-state index in [1.807, 2.05) is 0 Å². The third kappa shape index (κ3) is 3.92. The van der Waals surface area contributed by atoms with E-state index in [0.29, 0.717) is 27.0 Å². The van der Waals surface area contributed by atoms with Crippen LogP contribution in [0.2, 0.25) is 0 Å². The molecule has 0 radical (unpaired) electrons. The number of rotatable bonds is 7. The lowest BCUT2D eigenvalue weighted by atomic mass is 10.0. The molecule has 2 aromatic heterocycles. The quantitative estimate of drug-likeness (QED) is 0.213. The third-order valence-corrected chi connectivity index (χ3v) is 7.86. The van der Waals surface area contributed by atoms with Gasteiger partial charge in [0, 0.05) is 23.9 Å². The van der Waals surface area contributed by atoms with Crippen molar-refractivity contribution in [3.8, 4) is 0 Å². The first-order valence-electron chi connectivity index (χ1n) is 8.75. The number of thioether (sulfide) groups is 2. The van der Waals surface area contributed by atoms with Gasteiger partial charge in [-0.25, -0.2) is 9.48 Å². The van der Waals surface area contributed by atoms with Crippen LogP contribution in [0.25, 0.3) is 0 Å². The fraction of sp³-hybridized carbons (Fsp3) is 0.400. The van der Waals surface area contributed by atoms with Crippen LogP contribution in [-0.4, -0.2) is 80.9 Å². The molecule has 13 nitrogen and oxygen atoms in total. The molecular weight excluding hydrogens is 468 g/mol. The number of aryl methyl sites for hydroxylation is 1. The summed E-state index contributed by atoms with van der Waals surface area (Å²) in [4.78, 5) is 38.0. The number of amides is 2. The summed E-state index contributed by atoms with van der Waals surface area (Å²) in [6, 6.07) is -0.856. The number of aromatic nitrogens is 5. The van der Waals surface area contributed by atoms with Crippen LogP contribution in [0.4, 0.5) is 0 Å². The van der Waals surface area contributed by atoms with Gasteiger partial charge in [0.25, 0.3) is 5.91 Å². The van der Waals surface area contributed by atoms with Crippen LogP contribution in [0.15, 0.2) is 21.8 Å². The van der Waals surface area contributed by atoms with Crippen LogP contribution in [0, 0.1) is 5.41 Å². The molecule has 0 saturated carbocycles. The first kappa shape index (κ1) is 21.4. The Morgan fingerprint density at radius 3 is 2.84 bits per heavy atom. The molecule has 164 valence electrons. The predicted molar refractivity (Wildman–Crippen MR) is 108 cm³/mol. The van der Waals surface area contributed by atoms with E-state index in [2.05, 4.69) is 20.8 Å². The summed E-state index contributed by atoms with van der Waals surface area (Å²) >= 11 is 3.61. The standard InChI is InChI=1S/C15H16N8O5S3/c1-21-15(18-19-20-21)31-4-6-3-29-12-9(11(25)22(12)10(6)13(26)27)17-8(24)2-7-5-30-14(16)23(7)28/h5,9,12,16,28H,2-4H2,1H3,(H,17,24)(H,26,27)/t9?,12-/m0/s1. The Morgan fingerprint density at radius 1 is 1.45 bits per heavy atom. The summed E-state index contributed by atoms with van der Waals surface area (Å²) in [5, 5.41) is 42.0. The molecule has 2 aliphatic rings. The highest BCUT2D eigenvalue weighted by Crippen LogP contribution is 2.41. The first-order chi connectivity index (χ1) is 14.8. The molecule has 2 amide bonds. The molecule has 1 fully saturated rings. The molecule has 2 aliphatic heterocycles. The average Bonchev–Trinajstić information content (AvgIpc) is 3.29. The third-order valence-electron chi connectivity index (χ3n) is 4.64. The van der Waals surface area contributed by atoms with Crippen molar-refractivity contribution < 1.29 is 24.7 Å². The Kier molecular flexibility index (Phi) is 5.76. The van der Waals surface area contributed by atoms with E-state index >= 15 is 0 Å². The summed E-state index contributed by atoms with van der Waals surface area (Å²) < 4.78 is 2.08. The smallest absolute Gasteiger partial charge is 0.352 e. The number of β-lactam (4-membered cyclic amide) rings is 1. The van der Waals surface area contributed by atoms with Gasteiger partial charge < -0.3 is 15.6 Å². The summed E-state index contributed by atoms with van der Waals surface area (Å²) in [5.41, 5.74) is 0.727. The molecule has 4 N–H and O–H groups in total. The van der Waals surface area contributed by atoms with Crippen molar-refractivity contribution in [3.05, 3.63) is 27.1 Å². The number of carbonyl (C=O) groups is 3. The van der Waals surface area contributed by atoms with Crippen LogP contribution in [0.1, 0.15) is 5.69 Å². The molecule has 2 aromatic rings. The van der Waals surface area contributed by atoms with Gasteiger partial charge in [0.15, 0.2) is 0 Å². The largest absolute Gasteiger partial charge is 0.477 e. The van der Waals surface area contributed by atoms with Gasteiger partial charge in [-0.3, -0.25) is 19.9 Å². The van der Waals surface area contributed by atoms with Gasteiger partial charge >= 0.3 is 5.97 Å². The van der Waals surface area contributed by atoms with Crippen LogP contribution in [-0.2, 0) is 27.9 Å². The highest BCUT2D eigenvalue weighted by molar-refractivity contribution is 8.01. The molecule has 0 bridgehead atoms. The zero-order chi connectivity index (χ0) is 22.3. The molecule has 4 heterocycles. The Morgan fingerprint density at radius 2 is 2.23 bits per heavy atom. The number of fused-ring (bicyclic) bond motifs is 1. The molecule has 0 aliphatic carbocycles. The SMILES string of the molecule is Cn1nnnc1SCC1=C(C(=O)O)N2C(=O)C(NC(=O)Cc3csc(=N)n3O)[C@@H]2SC1. The minimum atomic E-state index is -1.21. The fourth-order valence-electron chi connectivity index (χ4n) is 3.15. The van der Waals surface area contributed by atoms with Crippen molar-refractivity contribution in [1.29, 1.82) is 5.41 Å². The van der Waals surface area contributed by atoms with E-state index in [4.69, 9.17) is 5.41 Å². The highest BCUT2D eigenvalue weighted by Gasteiger charge is 2.54. The van der Waals surface area contributed by atoms with Gasteiger partial charge in [-0.15, -0.1) is 28.2 Å². The van der Waals surface area contributed by atoms with E-state index in [0.717, 1.165) is 11.3 Å². The van der Waals surface area contributed by atoms with Gasteiger partial charge in [0.2, 0.25) is 15.9 Å². The monoisotopic (exact) mass is 484 g/mol. The van der Waals surface area contributed by atoms with Crippen molar-refractivity contribution in [1.82, 2.24) is 35.2 Å². The van der Waals surface area contributed by atoms with Crippen molar-refractivity contribution in [2.24, 2.45) is 7.05 Å². The van der Waals surface area contributed by atoms with Crippen LogP contribution in [0.5, 0.6) is 0 Å². The lowest BCUT2D eigenvalue weighted by molar-refractivity contribution is -0.150. The molecular formula is C15H16N8O5S3. The first-order valence-corrected chi connectivity index (χ1v) is 11.7. The van der Waals surface area contributed by atoms with Crippen molar-refractivity contribution in [2.75, 3.05) is 11.5 Å². The molecule has 16 heteroatoms. The fourth-order valence-corrected chi connectivity index (χ4v) is 6.13. The number of carboxylic acid groups (broad SMARTS) is 1. The van der Waals surface area contributed by atoms with E-state index in [1.54, 1.807) is 7.05 Å². The van der Waals surface area contributed by atoms with Gasteiger partial charge in [-0.05, 0) is 16.0 Å². The summed E-state index contributed by atoms with van der Waals surface area (Å²) in [7, 11) is 1.67. The number of aliphatic carboxylic acids is 1. The summed E-state index contributed by atoms with van der Waals surface area (Å²) in [5.74, 6) is -1.53. The zero-order valence-corrected chi connectivity index (χ0v) is 18.3.